The van der Waals surface area contributed by atoms with Crippen LogP contribution in [-0.2, 0) is 0 Å². The highest BCUT2D eigenvalue weighted by Gasteiger charge is 2.42. The number of nitrogens with one attached hydrogen (secondary N) is 1. The molecule has 1 aromatic rings. The number of amides is 1. The van der Waals surface area contributed by atoms with Crippen molar-refractivity contribution >= 4 is 30.7 Å². The maximum absolute atomic E-state index is 13.1. The summed E-state index contributed by atoms with van der Waals surface area (Å²) in [5.74, 6) is -4.35. The zero-order chi connectivity index (χ0) is 18.7. The fraction of sp³-hybridized carbons (Fsp3) is 0.800. The molecule has 1 amide bonds. The van der Waals surface area contributed by atoms with Crippen LogP contribution in [0.15, 0.2) is 6.20 Å². The Morgan fingerprint density at radius 2 is 1.79 bits per heavy atom. The van der Waals surface area contributed by atoms with Gasteiger partial charge in [-0.05, 0) is 25.9 Å². The van der Waals surface area contributed by atoms with Gasteiger partial charge < -0.3 is 10.2 Å². The van der Waals surface area contributed by atoms with Crippen molar-refractivity contribution in [2.75, 3.05) is 45.8 Å². The normalized spacial score (nSPS) is 19.2. The second-order valence-corrected chi connectivity index (χ2v) is 6.70. The van der Waals surface area contributed by atoms with Crippen LogP contribution < -0.4 is 5.32 Å². The van der Waals surface area contributed by atoms with E-state index >= 15 is 0 Å². The number of carbonyl (C=O) groups is 1. The highest BCUT2D eigenvalue weighted by atomic mass is 35.5. The Morgan fingerprint density at radius 3 is 2.36 bits per heavy atom. The van der Waals surface area contributed by atoms with Crippen LogP contribution >= 0.6 is 24.8 Å². The van der Waals surface area contributed by atoms with Gasteiger partial charge in [0, 0.05) is 26.2 Å². The highest BCUT2D eigenvalue weighted by Crippen LogP contribution is 2.24. The Hall–Kier alpha value is -1.17. The van der Waals surface area contributed by atoms with Crippen LogP contribution in [0, 0.1) is 0 Å². The first-order valence-corrected chi connectivity index (χ1v) is 8.67. The molecule has 2 aliphatic heterocycles. The first-order chi connectivity index (χ1) is 12.4. The molecule has 2 aliphatic rings. The van der Waals surface area contributed by atoms with Gasteiger partial charge in [-0.15, -0.1) is 29.9 Å². The molecule has 28 heavy (non-hydrogen) atoms. The molecule has 162 valence electrons. The minimum Gasteiger partial charge on any atom is -0.335 e. The molecule has 0 spiro atoms. The number of carbonyl (C=O) groups excluding carboxylic acids is 1. The fourth-order valence-electron chi connectivity index (χ4n) is 3.26. The minimum atomic E-state index is -4.04. The van der Waals surface area contributed by atoms with Gasteiger partial charge in [0.15, 0.2) is 5.69 Å². The van der Waals surface area contributed by atoms with Crippen LogP contribution in [0.3, 0.4) is 0 Å². The van der Waals surface area contributed by atoms with Crippen molar-refractivity contribution in [3.8, 4) is 0 Å². The molecule has 0 radical (unpaired) electrons. The summed E-state index contributed by atoms with van der Waals surface area (Å²) in [6.45, 7) is 1.40. The number of nitrogens with zero attached hydrogens (tertiary/aromatic N) is 5. The summed E-state index contributed by atoms with van der Waals surface area (Å²) in [6.07, 6.45) is -0.246. The maximum Gasteiger partial charge on any atom is 0.319 e. The van der Waals surface area contributed by atoms with E-state index in [-0.39, 0.29) is 68.6 Å². The quantitative estimate of drug-likeness (QED) is 0.691. The molecule has 0 atom stereocenters. The molecule has 1 N–H and O–H groups in total. The molecule has 2 saturated heterocycles. The number of piperidine rings is 1. The predicted octanol–water partition coefficient (Wildman–Crippen LogP) is 1.70. The van der Waals surface area contributed by atoms with Gasteiger partial charge in [0.05, 0.1) is 18.8 Å². The molecular formula is C15H24Cl2F4N6O. The average Bonchev–Trinajstić information content (AvgIpc) is 3.12. The third-order valence-corrected chi connectivity index (χ3v) is 4.83. The predicted molar refractivity (Wildman–Crippen MR) is 99.0 cm³/mol. The van der Waals surface area contributed by atoms with Gasteiger partial charge in [-0.1, -0.05) is 5.21 Å². The van der Waals surface area contributed by atoms with E-state index in [1.54, 1.807) is 10.9 Å². The third kappa shape index (κ3) is 5.91. The summed E-state index contributed by atoms with van der Waals surface area (Å²) in [5, 5.41) is 11.2. The van der Waals surface area contributed by atoms with Crippen LogP contribution in [-0.4, -0.2) is 88.9 Å². The third-order valence-electron chi connectivity index (χ3n) is 4.83. The van der Waals surface area contributed by atoms with Crippen LogP contribution in [0.5, 0.6) is 0 Å². The van der Waals surface area contributed by atoms with Crippen molar-refractivity contribution in [3.05, 3.63) is 11.9 Å². The summed E-state index contributed by atoms with van der Waals surface area (Å²) in [5.41, 5.74) is 0.217. The summed E-state index contributed by atoms with van der Waals surface area (Å²) >= 11 is 0. The molecule has 0 bridgehead atoms. The molecule has 2 fully saturated rings. The smallest absolute Gasteiger partial charge is 0.319 e. The molecule has 7 nitrogen and oxygen atoms in total. The van der Waals surface area contributed by atoms with E-state index in [4.69, 9.17) is 0 Å². The van der Waals surface area contributed by atoms with Crippen molar-refractivity contribution in [1.29, 1.82) is 0 Å². The van der Waals surface area contributed by atoms with E-state index in [1.807, 2.05) is 0 Å². The van der Waals surface area contributed by atoms with E-state index in [0.29, 0.717) is 0 Å². The second kappa shape index (κ2) is 10.6. The van der Waals surface area contributed by atoms with Gasteiger partial charge in [-0.2, -0.15) is 8.78 Å². The molecule has 0 aromatic carbocycles. The number of aromatic nitrogens is 3. The van der Waals surface area contributed by atoms with Gasteiger partial charge >= 0.3 is 12.3 Å². The van der Waals surface area contributed by atoms with E-state index in [2.05, 4.69) is 15.6 Å². The molecule has 1 aromatic heterocycles. The number of hydrogen-bond donors (Lipinski definition) is 1. The van der Waals surface area contributed by atoms with E-state index in [0.717, 1.165) is 25.9 Å². The molecular weight excluding hydrogens is 427 g/mol. The molecule has 13 heteroatoms. The van der Waals surface area contributed by atoms with Gasteiger partial charge in [-0.3, -0.25) is 9.69 Å². The number of rotatable bonds is 5. The molecule has 0 unspecified atom stereocenters. The SMILES string of the molecule is Cl.Cl.O=C(c1cn(C2CCNCC2)nn1)N1CCN(CC(F)(F)C(F)F)CC1. The zero-order valence-electron chi connectivity index (χ0n) is 15.1. The van der Waals surface area contributed by atoms with Crippen LogP contribution in [0.2, 0.25) is 0 Å². The summed E-state index contributed by atoms with van der Waals surface area (Å²) in [6, 6.07) is 0.207. The van der Waals surface area contributed by atoms with Gasteiger partial charge in [-0.25, -0.2) is 13.5 Å². The second-order valence-electron chi connectivity index (χ2n) is 6.70. The number of halogens is 6. The molecule has 0 aliphatic carbocycles. The zero-order valence-corrected chi connectivity index (χ0v) is 16.7. The molecule has 3 heterocycles. The monoisotopic (exact) mass is 450 g/mol. The maximum atomic E-state index is 13.1. The Labute approximate surface area is 172 Å². The Kier molecular flexibility index (Phi) is 9.38. The first-order valence-electron chi connectivity index (χ1n) is 8.67. The van der Waals surface area contributed by atoms with E-state index in [1.165, 1.54) is 9.80 Å². The number of alkyl halides is 4. The van der Waals surface area contributed by atoms with Crippen molar-refractivity contribution in [2.24, 2.45) is 0 Å². The Bertz CT molecular complexity index is 621. The molecule has 3 rings (SSSR count). The largest absolute Gasteiger partial charge is 0.335 e. The highest BCUT2D eigenvalue weighted by molar-refractivity contribution is 5.92. The van der Waals surface area contributed by atoms with Gasteiger partial charge in [0.2, 0.25) is 0 Å². The summed E-state index contributed by atoms with van der Waals surface area (Å²) < 4.78 is 52.5. The lowest BCUT2D eigenvalue weighted by Crippen LogP contribution is -2.52. The van der Waals surface area contributed by atoms with Crippen LogP contribution in [0.1, 0.15) is 29.4 Å². The van der Waals surface area contributed by atoms with Crippen LogP contribution in [0.25, 0.3) is 0 Å². The Morgan fingerprint density at radius 1 is 1.18 bits per heavy atom. The average molecular weight is 451 g/mol. The van der Waals surface area contributed by atoms with E-state index < -0.39 is 18.9 Å². The first kappa shape index (κ1) is 24.9. The van der Waals surface area contributed by atoms with Gasteiger partial charge in [0.1, 0.15) is 0 Å². The van der Waals surface area contributed by atoms with Crippen molar-refractivity contribution in [3.63, 3.8) is 0 Å². The fourth-order valence-corrected chi connectivity index (χ4v) is 3.26. The van der Waals surface area contributed by atoms with Gasteiger partial charge in [0.25, 0.3) is 5.91 Å². The minimum absolute atomic E-state index is 0. The lowest BCUT2D eigenvalue weighted by Gasteiger charge is -2.35. The summed E-state index contributed by atoms with van der Waals surface area (Å²) in [4.78, 5) is 15.3. The lowest BCUT2D eigenvalue weighted by molar-refractivity contribution is -0.144. The molecule has 0 saturated carbocycles. The standard InChI is InChI=1S/C15H22F4N6O.2ClH/c16-14(17)15(18,19)10-23-5-7-24(8-6-23)13(26)12-9-25(22-21-12)11-1-3-20-4-2-11;;/h9,11,14,20H,1-8,10H2;2*1H. The topological polar surface area (TPSA) is 66.3 Å². The van der Waals surface area contributed by atoms with Crippen molar-refractivity contribution in [2.45, 2.75) is 31.2 Å². The van der Waals surface area contributed by atoms with E-state index in [9.17, 15) is 22.4 Å². The number of hydrogen-bond acceptors (Lipinski definition) is 5. The Balaban J connectivity index is 0.00000196. The summed E-state index contributed by atoms with van der Waals surface area (Å²) in [7, 11) is 0. The number of piperazine rings is 1. The van der Waals surface area contributed by atoms with Crippen LogP contribution in [0.4, 0.5) is 17.6 Å². The van der Waals surface area contributed by atoms with Crippen molar-refractivity contribution < 1.29 is 22.4 Å². The van der Waals surface area contributed by atoms with Crippen molar-refractivity contribution in [1.82, 2.24) is 30.1 Å². The lowest BCUT2D eigenvalue weighted by atomic mass is 10.1.